The summed E-state index contributed by atoms with van der Waals surface area (Å²) in [5.74, 6) is -0.506. The van der Waals surface area contributed by atoms with Crippen LogP contribution in [0.3, 0.4) is 0 Å². The molecule has 0 spiro atoms. The van der Waals surface area contributed by atoms with Crippen LogP contribution in [0.5, 0.6) is 0 Å². The number of nitro groups is 1. The lowest BCUT2D eigenvalue weighted by Crippen LogP contribution is -1.96. The summed E-state index contributed by atoms with van der Waals surface area (Å²) in [6.45, 7) is 0. The van der Waals surface area contributed by atoms with Gasteiger partial charge in [-0.2, -0.15) is 4.39 Å². The number of rotatable bonds is 4. The van der Waals surface area contributed by atoms with Gasteiger partial charge < -0.3 is 0 Å². The molecule has 0 saturated heterocycles. The van der Waals surface area contributed by atoms with E-state index in [0.717, 1.165) is 6.07 Å². The van der Waals surface area contributed by atoms with Crippen molar-refractivity contribution in [2.24, 2.45) is 0 Å². The van der Waals surface area contributed by atoms with Crippen molar-refractivity contribution in [2.75, 3.05) is 0 Å². The van der Waals surface area contributed by atoms with Crippen LogP contribution in [0.15, 0.2) is 41.8 Å². The molecule has 5 nitrogen and oxygen atoms in total. The quantitative estimate of drug-likeness (QED) is 0.368. The predicted molar refractivity (Wildman–Crippen MR) is 64.6 cm³/mol. The Bertz CT molecular complexity index is 565. The van der Waals surface area contributed by atoms with Gasteiger partial charge in [0.05, 0.1) is 9.95 Å². The van der Waals surface area contributed by atoms with Gasteiger partial charge in [-0.3, -0.25) is 10.1 Å². The SMILES string of the molecule is O=[N+]([O-])c1cccc(CSc2ccncn2)c1F. The average Bonchev–Trinajstić information content (AvgIpc) is 2.38. The molecule has 0 aliphatic rings. The molecule has 0 unspecified atom stereocenters. The predicted octanol–water partition coefficient (Wildman–Crippen LogP) is 2.82. The van der Waals surface area contributed by atoms with E-state index < -0.39 is 16.4 Å². The Kier molecular flexibility index (Phi) is 3.83. The van der Waals surface area contributed by atoms with E-state index in [2.05, 4.69) is 9.97 Å². The third kappa shape index (κ3) is 2.80. The van der Waals surface area contributed by atoms with Gasteiger partial charge >= 0.3 is 5.69 Å². The summed E-state index contributed by atoms with van der Waals surface area (Å²) in [6.07, 6.45) is 2.98. The van der Waals surface area contributed by atoms with Gasteiger partial charge in [-0.05, 0) is 6.07 Å². The van der Waals surface area contributed by atoms with E-state index in [-0.39, 0.29) is 11.3 Å². The molecular formula is C11H8FN3O2S. The van der Waals surface area contributed by atoms with E-state index in [1.54, 1.807) is 12.3 Å². The highest BCUT2D eigenvalue weighted by molar-refractivity contribution is 7.98. The zero-order chi connectivity index (χ0) is 13.0. The number of thioether (sulfide) groups is 1. The van der Waals surface area contributed by atoms with Crippen molar-refractivity contribution >= 4 is 17.4 Å². The lowest BCUT2D eigenvalue weighted by molar-refractivity contribution is -0.387. The number of benzene rings is 1. The van der Waals surface area contributed by atoms with Gasteiger partial charge in [-0.1, -0.05) is 12.1 Å². The van der Waals surface area contributed by atoms with Crippen molar-refractivity contribution in [3.8, 4) is 0 Å². The maximum absolute atomic E-state index is 13.7. The summed E-state index contributed by atoms with van der Waals surface area (Å²) >= 11 is 1.29. The zero-order valence-electron chi connectivity index (χ0n) is 9.12. The normalized spacial score (nSPS) is 10.3. The van der Waals surface area contributed by atoms with E-state index in [0.29, 0.717) is 5.03 Å². The largest absolute Gasteiger partial charge is 0.305 e. The average molecular weight is 265 g/mol. The Morgan fingerprint density at radius 3 is 2.89 bits per heavy atom. The second-order valence-corrected chi connectivity index (χ2v) is 4.34. The highest BCUT2D eigenvalue weighted by Gasteiger charge is 2.17. The van der Waals surface area contributed by atoms with Gasteiger partial charge in [0.25, 0.3) is 0 Å². The summed E-state index contributed by atoms with van der Waals surface area (Å²) in [6, 6.07) is 5.84. The van der Waals surface area contributed by atoms with E-state index in [1.165, 1.54) is 30.2 Å². The van der Waals surface area contributed by atoms with Crippen molar-refractivity contribution in [3.63, 3.8) is 0 Å². The highest BCUT2D eigenvalue weighted by atomic mass is 32.2. The first kappa shape index (κ1) is 12.4. The number of hydrogen-bond acceptors (Lipinski definition) is 5. The van der Waals surface area contributed by atoms with Crippen LogP contribution in [0.25, 0.3) is 0 Å². The van der Waals surface area contributed by atoms with Crippen LogP contribution in [0, 0.1) is 15.9 Å². The number of aromatic nitrogens is 2. The van der Waals surface area contributed by atoms with Crippen LogP contribution in [-0.4, -0.2) is 14.9 Å². The van der Waals surface area contributed by atoms with Gasteiger partial charge in [-0.25, -0.2) is 9.97 Å². The minimum atomic E-state index is -0.788. The lowest BCUT2D eigenvalue weighted by atomic mass is 10.2. The fourth-order valence-electron chi connectivity index (χ4n) is 1.33. The standard InChI is InChI=1S/C11H8FN3O2S/c12-11-8(2-1-3-9(11)15(16)17)6-18-10-4-5-13-7-14-10/h1-5,7H,6H2. The Morgan fingerprint density at radius 2 is 2.22 bits per heavy atom. The molecule has 0 atom stereocenters. The minimum absolute atomic E-state index is 0.282. The maximum Gasteiger partial charge on any atom is 0.305 e. The number of nitrogens with zero attached hydrogens (tertiary/aromatic N) is 3. The second-order valence-electron chi connectivity index (χ2n) is 3.34. The summed E-state index contributed by atoms with van der Waals surface area (Å²) in [5.41, 5.74) is -0.219. The van der Waals surface area contributed by atoms with E-state index in [9.17, 15) is 14.5 Å². The van der Waals surface area contributed by atoms with Gasteiger partial charge in [0.2, 0.25) is 5.82 Å². The van der Waals surface area contributed by atoms with Gasteiger partial charge in [-0.15, -0.1) is 11.8 Å². The fraction of sp³-hybridized carbons (Fsp3) is 0.0909. The molecule has 7 heteroatoms. The van der Waals surface area contributed by atoms with Gasteiger partial charge in [0, 0.05) is 23.6 Å². The fourth-order valence-corrected chi connectivity index (χ4v) is 2.14. The maximum atomic E-state index is 13.7. The molecule has 1 heterocycles. The lowest BCUT2D eigenvalue weighted by Gasteiger charge is -2.02. The smallest absolute Gasteiger partial charge is 0.258 e. The molecule has 0 saturated carbocycles. The first-order chi connectivity index (χ1) is 8.68. The molecule has 18 heavy (non-hydrogen) atoms. The molecule has 0 amide bonds. The molecule has 2 rings (SSSR count). The number of hydrogen-bond donors (Lipinski definition) is 0. The molecule has 92 valence electrons. The van der Waals surface area contributed by atoms with Gasteiger partial charge in [0.15, 0.2) is 0 Å². The molecule has 0 bridgehead atoms. The first-order valence-corrected chi connectivity index (χ1v) is 5.97. The van der Waals surface area contributed by atoms with Crippen molar-refractivity contribution in [3.05, 3.63) is 58.3 Å². The molecule has 0 N–H and O–H groups in total. The summed E-state index contributed by atoms with van der Waals surface area (Å²) in [5, 5.41) is 11.3. The molecule has 0 fully saturated rings. The van der Waals surface area contributed by atoms with E-state index >= 15 is 0 Å². The molecule has 1 aromatic heterocycles. The van der Waals surface area contributed by atoms with Gasteiger partial charge in [0.1, 0.15) is 6.33 Å². The molecule has 1 aromatic carbocycles. The summed E-state index contributed by atoms with van der Waals surface area (Å²) in [7, 11) is 0. The topological polar surface area (TPSA) is 68.9 Å². The second kappa shape index (κ2) is 5.54. The molecular weight excluding hydrogens is 257 g/mol. The van der Waals surface area contributed by atoms with Crippen molar-refractivity contribution in [1.29, 1.82) is 0 Å². The van der Waals surface area contributed by atoms with Crippen LogP contribution in [0.4, 0.5) is 10.1 Å². The Morgan fingerprint density at radius 1 is 1.39 bits per heavy atom. The van der Waals surface area contributed by atoms with Crippen LogP contribution in [0.1, 0.15) is 5.56 Å². The Balaban J connectivity index is 2.15. The van der Waals surface area contributed by atoms with E-state index in [1.807, 2.05) is 0 Å². The number of halogens is 1. The third-order valence-corrected chi connectivity index (χ3v) is 3.18. The van der Waals surface area contributed by atoms with Crippen LogP contribution < -0.4 is 0 Å². The van der Waals surface area contributed by atoms with Crippen molar-refractivity contribution in [2.45, 2.75) is 10.8 Å². The molecule has 0 aliphatic heterocycles. The molecule has 0 radical (unpaired) electrons. The van der Waals surface area contributed by atoms with Crippen LogP contribution >= 0.6 is 11.8 Å². The monoisotopic (exact) mass is 265 g/mol. The van der Waals surface area contributed by atoms with Crippen LogP contribution in [0.2, 0.25) is 0 Å². The summed E-state index contributed by atoms with van der Waals surface area (Å²) < 4.78 is 13.7. The van der Waals surface area contributed by atoms with Crippen LogP contribution in [-0.2, 0) is 5.75 Å². The Labute approximate surface area is 106 Å². The van der Waals surface area contributed by atoms with Crippen molar-refractivity contribution in [1.82, 2.24) is 9.97 Å². The minimum Gasteiger partial charge on any atom is -0.258 e. The zero-order valence-corrected chi connectivity index (χ0v) is 9.93. The Hall–Kier alpha value is -2.02. The van der Waals surface area contributed by atoms with E-state index in [4.69, 9.17) is 0 Å². The van der Waals surface area contributed by atoms with Crippen molar-refractivity contribution < 1.29 is 9.31 Å². The first-order valence-electron chi connectivity index (χ1n) is 4.99. The number of nitro benzene ring substituents is 1. The third-order valence-electron chi connectivity index (χ3n) is 2.19. The molecule has 2 aromatic rings. The summed E-state index contributed by atoms with van der Waals surface area (Å²) in [4.78, 5) is 17.6. The highest BCUT2D eigenvalue weighted by Crippen LogP contribution is 2.26. The molecule has 0 aliphatic carbocycles.